The zero-order chi connectivity index (χ0) is 16.4. The number of anilines is 1. The molecule has 0 atom stereocenters. The lowest BCUT2D eigenvalue weighted by molar-refractivity contribution is 0.249. The average molecular weight is 384 g/mol. The van der Waals surface area contributed by atoms with Gasteiger partial charge in [-0.25, -0.2) is 4.98 Å². The van der Waals surface area contributed by atoms with Crippen molar-refractivity contribution in [2.45, 2.75) is 6.54 Å². The summed E-state index contributed by atoms with van der Waals surface area (Å²) >= 11 is 3.48. The van der Waals surface area contributed by atoms with Gasteiger partial charge in [-0.05, 0) is 39.7 Å². The first kappa shape index (κ1) is 15.5. The molecule has 122 valence electrons. The smallest absolute Gasteiger partial charge is 0.147 e. The van der Waals surface area contributed by atoms with Crippen LogP contribution in [-0.2, 0) is 6.54 Å². The van der Waals surface area contributed by atoms with Crippen molar-refractivity contribution in [2.75, 3.05) is 31.1 Å². The first-order valence-electron chi connectivity index (χ1n) is 8.06. The highest BCUT2D eigenvalue weighted by atomic mass is 79.9. The number of halogens is 1. The van der Waals surface area contributed by atoms with E-state index in [1.807, 2.05) is 42.9 Å². The maximum Gasteiger partial charge on any atom is 0.147 e. The molecule has 0 unspecified atom stereocenters. The van der Waals surface area contributed by atoms with Gasteiger partial charge in [0.05, 0.1) is 17.2 Å². The van der Waals surface area contributed by atoms with Gasteiger partial charge < -0.3 is 4.90 Å². The lowest BCUT2D eigenvalue weighted by atomic mass is 10.2. The molecule has 0 N–H and O–H groups in total. The fraction of sp³-hybridized carbons (Fsp3) is 0.278. The normalized spacial score (nSPS) is 15.8. The van der Waals surface area contributed by atoms with Gasteiger partial charge in [0.2, 0.25) is 0 Å². The van der Waals surface area contributed by atoms with Crippen molar-refractivity contribution >= 4 is 32.8 Å². The third-order valence-electron chi connectivity index (χ3n) is 4.30. The Kier molecular flexibility index (Phi) is 4.40. The van der Waals surface area contributed by atoms with Crippen LogP contribution in [-0.4, -0.2) is 46.0 Å². The van der Waals surface area contributed by atoms with E-state index in [4.69, 9.17) is 4.98 Å². The molecular formula is C18H18BrN5. The highest BCUT2D eigenvalue weighted by molar-refractivity contribution is 9.10. The zero-order valence-electron chi connectivity index (χ0n) is 13.3. The summed E-state index contributed by atoms with van der Waals surface area (Å²) in [4.78, 5) is 18.3. The fourth-order valence-electron chi connectivity index (χ4n) is 3.04. The molecule has 1 aromatic carbocycles. The van der Waals surface area contributed by atoms with Crippen molar-refractivity contribution in [1.29, 1.82) is 0 Å². The Morgan fingerprint density at radius 3 is 2.54 bits per heavy atom. The summed E-state index contributed by atoms with van der Waals surface area (Å²) in [5, 5.41) is 0. The topological polar surface area (TPSA) is 45.2 Å². The summed E-state index contributed by atoms with van der Waals surface area (Å²) in [7, 11) is 0. The first-order valence-corrected chi connectivity index (χ1v) is 8.86. The van der Waals surface area contributed by atoms with Crippen LogP contribution in [0.2, 0.25) is 0 Å². The largest absolute Gasteiger partial charge is 0.353 e. The molecule has 4 rings (SSSR count). The number of rotatable bonds is 3. The summed E-state index contributed by atoms with van der Waals surface area (Å²) in [5.74, 6) is 0.970. The van der Waals surface area contributed by atoms with Gasteiger partial charge >= 0.3 is 0 Å². The number of piperazine rings is 1. The molecule has 3 heterocycles. The second-order valence-electron chi connectivity index (χ2n) is 5.99. The summed E-state index contributed by atoms with van der Waals surface area (Å²) in [6, 6.07) is 10.1. The summed E-state index contributed by atoms with van der Waals surface area (Å²) in [5.41, 5.74) is 3.14. The van der Waals surface area contributed by atoms with Crippen LogP contribution in [0, 0.1) is 0 Å². The number of nitrogens with zero attached hydrogens (tertiary/aromatic N) is 5. The fourth-order valence-corrected chi connectivity index (χ4v) is 3.45. The van der Waals surface area contributed by atoms with Crippen LogP contribution < -0.4 is 4.90 Å². The van der Waals surface area contributed by atoms with Gasteiger partial charge in [0, 0.05) is 49.6 Å². The minimum Gasteiger partial charge on any atom is -0.353 e. The molecule has 0 amide bonds. The molecule has 1 fully saturated rings. The molecular weight excluding hydrogens is 366 g/mol. The van der Waals surface area contributed by atoms with Crippen LogP contribution in [0.4, 0.5) is 5.82 Å². The lowest BCUT2D eigenvalue weighted by Gasteiger charge is -2.35. The molecule has 1 saturated heterocycles. The number of pyridine rings is 1. The maximum absolute atomic E-state index is 4.75. The number of aromatic nitrogens is 3. The third-order valence-corrected chi connectivity index (χ3v) is 4.73. The zero-order valence-corrected chi connectivity index (χ0v) is 14.9. The van der Waals surface area contributed by atoms with Crippen LogP contribution >= 0.6 is 15.9 Å². The van der Waals surface area contributed by atoms with E-state index in [1.165, 1.54) is 5.56 Å². The molecule has 0 radical (unpaired) electrons. The summed E-state index contributed by atoms with van der Waals surface area (Å²) < 4.78 is 1.03. The molecule has 24 heavy (non-hydrogen) atoms. The predicted octanol–water partition coefficient (Wildman–Crippen LogP) is 3.11. The quantitative estimate of drug-likeness (QED) is 0.695. The Labute approximate surface area is 149 Å². The van der Waals surface area contributed by atoms with Gasteiger partial charge in [0.15, 0.2) is 0 Å². The monoisotopic (exact) mass is 383 g/mol. The van der Waals surface area contributed by atoms with Crippen LogP contribution in [0.15, 0.2) is 53.4 Å². The van der Waals surface area contributed by atoms with Crippen molar-refractivity contribution in [3.05, 3.63) is 59.0 Å². The standard InChI is InChI=1S/C18H18BrN5/c19-15-9-14(10-20-11-15)13-23-5-7-24(8-6-23)18-12-21-16-3-1-2-4-17(16)22-18/h1-4,9-12H,5-8,13H2. The number of hydrogen-bond acceptors (Lipinski definition) is 5. The van der Waals surface area contributed by atoms with E-state index in [9.17, 15) is 0 Å². The molecule has 0 aliphatic carbocycles. The third kappa shape index (κ3) is 3.39. The van der Waals surface area contributed by atoms with Gasteiger partial charge in [-0.15, -0.1) is 0 Å². The Hall–Kier alpha value is -2.05. The first-order chi connectivity index (χ1) is 11.8. The van der Waals surface area contributed by atoms with E-state index in [0.717, 1.165) is 54.0 Å². The van der Waals surface area contributed by atoms with Gasteiger partial charge in [-0.1, -0.05) is 12.1 Å². The van der Waals surface area contributed by atoms with Gasteiger partial charge in [0.1, 0.15) is 5.82 Å². The minimum atomic E-state index is 0.934. The van der Waals surface area contributed by atoms with E-state index >= 15 is 0 Å². The van der Waals surface area contributed by atoms with E-state index < -0.39 is 0 Å². The van der Waals surface area contributed by atoms with E-state index in [-0.39, 0.29) is 0 Å². The lowest BCUT2D eigenvalue weighted by Crippen LogP contribution is -2.46. The minimum absolute atomic E-state index is 0.934. The van der Waals surface area contributed by atoms with Crippen LogP contribution in [0.3, 0.4) is 0 Å². The predicted molar refractivity (Wildman–Crippen MR) is 99.0 cm³/mol. The molecule has 1 aliphatic rings. The van der Waals surface area contributed by atoms with Crippen molar-refractivity contribution in [3.63, 3.8) is 0 Å². The second-order valence-corrected chi connectivity index (χ2v) is 6.91. The van der Waals surface area contributed by atoms with E-state index in [0.29, 0.717) is 0 Å². The second kappa shape index (κ2) is 6.83. The summed E-state index contributed by atoms with van der Waals surface area (Å²) in [6.45, 7) is 4.90. The Morgan fingerprint density at radius 1 is 0.958 bits per heavy atom. The Bertz CT molecular complexity index is 845. The van der Waals surface area contributed by atoms with Crippen LogP contribution in [0.5, 0.6) is 0 Å². The number of fused-ring (bicyclic) bond motifs is 1. The van der Waals surface area contributed by atoms with Crippen LogP contribution in [0.1, 0.15) is 5.56 Å². The molecule has 0 spiro atoms. The van der Waals surface area contributed by atoms with Crippen molar-refractivity contribution in [1.82, 2.24) is 19.9 Å². The summed E-state index contributed by atoms with van der Waals surface area (Å²) in [6.07, 6.45) is 5.64. The van der Waals surface area contributed by atoms with Gasteiger partial charge in [0.25, 0.3) is 0 Å². The SMILES string of the molecule is Brc1cncc(CN2CCN(c3cnc4ccccc4n3)CC2)c1. The molecule has 6 heteroatoms. The Balaban J connectivity index is 1.41. The van der Waals surface area contributed by atoms with Gasteiger partial charge in [-0.2, -0.15) is 0 Å². The molecule has 0 saturated carbocycles. The van der Waals surface area contributed by atoms with E-state index in [2.05, 4.69) is 41.8 Å². The Morgan fingerprint density at radius 2 is 1.75 bits per heavy atom. The van der Waals surface area contributed by atoms with Crippen LogP contribution in [0.25, 0.3) is 11.0 Å². The molecule has 0 bridgehead atoms. The number of para-hydroxylation sites is 2. The van der Waals surface area contributed by atoms with Crippen molar-refractivity contribution in [2.24, 2.45) is 0 Å². The highest BCUT2D eigenvalue weighted by Gasteiger charge is 2.18. The molecule has 1 aliphatic heterocycles. The molecule has 5 nitrogen and oxygen atoms in total. The average Bonchev–Trinajstić information content (AvgIpc) is 2.62. The van der Waals surface area contributed by atoms with E-state index in [1.54, 1.807) is 0 Å². The maximum atomic E-state index is 4.75. The number of hydrogen-bond donors (Lipinski definition) is 0. The number of benzene rings is 1. The van der Waals surface area contributed by atoms with Crippen molar-refractivity contribution < 1.29 is 0 Å². The molecule has 2 aromatic heterocycles. The van der Waals surface area contributed by atoms with Crippen molar-refractivity contribution in [3.8, 4) is 0 Å². The van der Waals surface area contributed by atoms with Gasteiger partial charge in [-0.3, -0.25) is 14.9 Å². The highest BCUT2D eigenvalue weighted by Crippen LogP contribution is 2.18. The molecule has 3 aromatic rings.